The van der Waals surface area contributed by atoms with Crippen LogP contribution in [0, 0.1) is 5.92 Å². The fourth-order valence-electron chi connectivity index (χ4n) is 4.81. The predicted molar refractivity (Wildman–Crippen MR) is 163 cm³/mol. The summed E-state index contributed by atoms with van der Waals surface area (Å²) in [6.07, 6.45) is 6.11. The molecular weight excluding hydrogens is 540 g/mol. The Balaban J connectivity index is 1.30. The molecule has 2 aliphatic heterocycles. The topological polar surface area (TPSA) is 59.7 Å². The molecule has 6 nitrogen and oxygen atoms in total. The van der Waals surface area contributed by atoms with E-state index in [9.17, 15) is 4.79 Å². The fraction of sp³-hybridized carbons (Fsp3) is 0.219. The van der Waals surface area contributed by atoms with Gasteiger partial charge in [-0.15, -0.1) is 0 Å². The number of benzene rings is 3. The van der Waals surface area contributed by atoms with Crippen molar-refractivity contribution >= 4 is 40.5 Å². The molecular formula is C32H29ClN4O2S. The molecule has 0 atom stereocenters. The molecule has 4 aromatic rings. The van der Waals surface area contributed by atoms with Gasteiger partial charge in [-0.05, 0) is 66.9 Å². The molecule has 0 spiro atoms. The van der Waals surface area contributed by atoms with Gasteiger partial charge in [-0.25, -0.2) is 4.68 Å². The lowest BCUT2D eigenvalue weighted by molar-refractivity contribution is -0.113. The number of aliphatic imine (C=N–C) groups is 1. The molecule has 0 bridgehead atoms. The van der Waals surface area contributed by atoms with E-state index in [0.717, 1.165) is 59.2 Å². The standard InChI is InChI=1S/C32H29ClN4O2S/c1-22-14-16-36(17-15-22)32-34-31(38)29(40-32)19-25-20-37(26-10-3-2-4-11-26)35-30(25)23-9-7-12-27(18-23)39-21-24-8-5-6-13-28(24)33/h2-13,18-20,22H,14-17,21H2,1H3/b29-19-. The lowest BCUT2D eigenvalue weighted by Gasteiger charge is -2.30. The third-order valence-corrected chi connectivity index (χ3v) is 8.59. The van der Waals surface area contributed by atoms with Crippen LogP contribution in [0.2, 0.25) is 5.02 Å². The van der Waals surface area contributed by atoms with Crippen molar-refractivity contribution in [1.29, 1.82) is 0 Å². The van der Waals surface area contributed by atoms with Gasteiger partial charge in [-0.3, -0.25) is 4.79 Å². The van der Waals surface area contributed by atoms with Crippen LogP contribution in [0.15, 0.2) is 95.0 Å². The number of para-hydroxylation sites is 1. The zero-order valence-corrected chi connectivity index (χ0v) is 23.7. The van der Waals surface area contributed by atoms with Crippen molar-refractivity contribution in [3.8, 4) is 22.7 Å². The highest BCUT2D eigenvalue weighted by atomic mass is 35.5. The van der Waals surface area contributed by atoms with Crippen molar-refractivity contribution in [1.82, 2.24) is 14.7 Å². The van der Waals surface area contributed by atoms with E-state index >= 15 is 0 Å². The van der Waals surface area contributed by atoms with E-state index < -0.39 is 0 Å². The summed E-state index contributed by atoms with van der Waals surface area (Å²) in [7, 11) is 0. The van der Waals surface area contributed by atoms with E-state index in [-0.39, 0.29) is 5.91 Å². The highest BCUT2D eigenvalue weighted by molar-refractivity contribution is 8.18. The third kappa shape index (κ3) is 5.86. The second kappa shape index (κ2) is 11.7. The minimum absolute atomic E-state index is 0.200. The van der Waals surface area contributed by atoms with Crippen LogP contribution in [0.25, 0.3) is 23.0 Å². The molecule has 2 aliphatic rings. The van der Waals surface area contributed by atoms with Crippen molar-refractivity contribution in [3.05, 3.63) is 106 Å². The first-order chi connectivity index (χ1) is 19.5. The number of halogens is 1. The summed E-state index contributed by atoms with van der Waals surface area (Å²) in [6.45, 7) is 4.51. The predicted octanol–water partition coefficient (Wildman–Crippen LogP) is 7.47. The Morgan fingerprint density at radius 3 is 2.60 bits per heavy atom. The Morgan fingerprint density at radius 2 is 1.80 bits per heavy atom. The summed E-state index contributed by atoms with van der Waals surface area (Å²) in [4.78, 5) is 20.2. The highest BCUT2D eigenvalue weighted by Crippen LogP contribution is 2.35. The summed E-state index contributed by atoms with van der Waals surface area (Å²) >= 11 is 7.77. The van der Waals surface area contributed by atoms with Crippen LogP contribution < -0.4 is 4.74 Å². The zero-order chi connectivity index (χ0) is 27.5. The highest BCUT2D eigenvalue weighted by Gasteiger charge is 2.28. The minimum atomic E-state index is -0.200. The average molecular weight is 569 g/mol. The molecule has 0 saturated carbocycles. The molecule has 1 saturated heterocycles. The molecule has 0 radical (unpaired) electrons. The van der Waals surface area contributed by atoms with Crippen molar-refractivity contribution in [3.63, 3.8) is 0 Å². The van der Waals surface area contributed by atoms with Gasteiger partial charge in [0.2, 0.25) is 0 Å². The molecule has 1 amide bonds. The zero-order valence-electron chi connectivity index (χ0n) is 22.2. The molecule has 8 heteroatoms. The Bertz CT molecular complexity index is 1590. The molecule has 0 aliphatic carbocycles. The van der Waals surface area contributed by atoms with Gasteiger partial charge in [0.05, 0.1) is 10.6 Å². The minimum Gasteiger partial charge on any atom is -0.489 e. The van der Waals surface area contributed by atoms with Crippen LogP contribution in [0.3, 0.4) is 0 Å². The second-order valence-electron chi connectivity index (χ2n) is 10.1. The van der Waals surface area contributed by atoms with Crippen LogP contribution in [-0.4, -0.2) is 38.8 Å². The van der Waals surface area contributed by atoms with Crippen LogP contribution in [0.1, 0.15) is 30.9 Å². The monoisotopic (exact) mass is 568 g/mol. The van der Waals surface area contributed by atoms with E-state index in [0.29, 0.717) is 28.2 Å². The van der Waals surface area contributed by atoms with Gasteiger partial charge in [0, 0.05) is 41.0 Å². The average Bonchev–Trinajstić information content (AvgIpc) is 3.57. The van der Waals surface area contributed by atoms with Gasteiger partial charge >= 0.3 is 0 Å². The maximum atomic E-state index is 13.0. The van der Waals surface area contributed by atoms with Gasteiger partial charge in [-0.2, -0.15) is 10.1 Å². The lowest BCUT2D eigenvalue weighted by Crippen LogP contribution is -2.35. The van der Waals surface area contributed by atoms with Crippen LogP contribution in [-0.2, 0) is 11.4 Å². The molecule has 1 fully saturated rings. The summed E-state index contributed by atoms with van der Waals surface area (Å²) in [5.41, 5.74) is 4.34. The number of piperidine rings is 1. The van der Waals surface area contributed by atoms with E-state index in [1.807, 2.05) is 95.8 Å². The number of hydrogen-bond donors (Lipinski definition) is 0. The number of aromatic nitrogens is 2. The summed E-state index contributed by atoms with van der Waals surface area (Å²) < 4.78 is 7.93. The first-order valence-electron chi connectivity index (χ1n) is 13.4. The fourth-order valence-corrected chi connectivity index (χ4v) is 5.96. The van der Waals surface area contributed by atoms with Gasteiger partial charge < -0.3 is 9.64 Å². The van der Waals surface area contributed by atoms with Gasteiger partial charge in [0.1, 0.15) is 18.1 Å². The Labute approximate surface area is 243 Å². The Kier molecular flexibility index (Phi) is 7.75. The molecule has 0 N–H and O–H groups in total. The second-order valence-corrected chi connectivity index (χ2v) is 11.5. The Hall–Kier alpha value is -3.81. The van der Waals surface area contributed by atoms with E-state index in [4.69, 9.17) is 21.4 Å². The SMILES string of the molecule is CC1CCN(C2=NC(=O)/C(=C/c3cn(-c4ccccc4)nc3-c3cccc(OCc4ccccc4Cl)c3)S2)CC1. The molecule has 6 rings (SSSR count). The number of hydrogen-bond acceptors (Lipinski definition) is 5. The van der Waals surface area contributed by atoms with Crippen LogP contribution >= 0.6 is 23.4 Å². The Morgan fingerprint density at radius 1 is 1.02 bits per heavy atom. The first-order valence-corrected chi connectivity index (χ1v) is 14.6. The lowest BCUT2D eigenvalue weighted by atomic mass is 10.00. The maximum absolute atomic E-state index is 13.0. The molecule has 3 aromatic carbocycles. The van der Waals surface area contributed by atoms with Crippen molar-refractivity contribution in [2.24, 2.45) is 10.9 Å². The van der Waals surface area contributed by atoms with Crippen LogP contribution in [0.4, 0.5) is 0 Å². The number of likely N-dealkylation sites (tertiary alicyclic amines) is 1. The largest absolute Gasteiger partial charge is 0.489 e. The molecule has 40 heavy (non-hydrogen) atoms. The number of nitrogens with zero attached hydrogens (tertiary/aromatic N) is 4. The quantitative estimate of drug-likeness (QED) is 0.226. The van der Waals surface area contributed by atoms with E-state index in [2.05, 4.69) is 16.8 Å². The molecule has 3 heterocycles. The first kappa shape index (κ1) is 26.4. The third-order valence-electron chi connectivity index (χ3n) is 7.17. The van der Waals surface area contributed by atoms with Gasteiger partial charge in [0.25, 0.3) is 5.91 Å². The number of carbonyl (C=O) groups excluding carboxylic acids is 1. The van der Waals surface area contributed by atoms with Crippen molar-refractivity contribution in [2.75, 3.05) is 13.1 Å². The molecule has 0 unspecified atom stereocenters. The number of amidine groups is 1. The van der Waals surface area contributed by atoms with E-state index in [1.165, 1.54) is 11.8 Å². The number of carbonyl (C=O) groups is 1. The maximum Gasteiger partial charge on any atom is 0.286 e. The van der Waals surface area contributed by atoms with Crippen LogP contribution in [0.5, 0.6) is 5.75 Å². The number of rotatable bonds is 6. The summed E-state index contributed by atoms with van der Waals surface area (Å²) in [6, 6.07) is 25.4. The van der Waals surface area contributed by atoms with E-state index in [1.54, 1.807) is 0 Å². The van der Waals surface area contributed by atoms with Crippen molar-refractivity contribution < 1.29 is 9.53 Å². The number of thioether (sulfide) groups is 1. The van der Waals surface area contributed by atoms with Gasteiger partial charge in [0.15, 0.2) is 5.17 Å². The molecule has 202 valence electrons. The number of amides is 1. The summed E-state index contributed by atoms with van der Waals surface area (Å²) in [5.74, 6) is 1.22. The number of ether oxygens (including phenoxy) is 1. The summed E-state index contributed by atoms with van der Waals surface area (Å²) in [5, 5.41) is 6.41. The normalized spacial score (nSPS) is 16.9. The van der Waals surface area contributed by atoms with Crippen molar-refractivity contribution in [2.45, 2.75) is 26.4 Å². The van der Waals surface area contributed by atoms with Gasteiger partial charge in [-0.1, -0.05) is 67.1 Å². The smallest absolute Gasteiger partial charge is 0.286 e. The molecule has 1 aromatic heterocycles.